The standard InChI is InChI=1S/C11H15NO4/c1-3-16-11(14)10(13)7-4-5-9(15-2)8(12)6-7/h4-6,10,13H,3,12H2,1-2H3. The van der Waals surface area contributed by atoms with E-state index in [1.165, 1.54) is 13.2 Å². The zero-order valence-electron chi connectivity index (χ0n) is 9.27. The SMILES string of the molecule is CCOC(=O)C(O)c1ccc(OC)c(N)c1. The number of hydrogen-bond donors (Lipinski definition) is 2. The Labute approximate surface area is 93.8 Å². The number of carbonyl (C=O) groups excluding carboxylic acids is 1. The van der Waals surface area contributed by atoms with Gasteiger partial charge in [-0.2, -0.15) is 0 Å². The molecule has 0 aliphatic rings. The Kier molecular flexibility index (Phi) is 4.13. The molecule has 1 atom stereocenters. The number of benzene rings is 1. The van der Waals surface area contributed by atoms with Crippen molar-refractivity contribution < 1.29 is 19.4 Å². The molecular weight excluding hydrogens is 210 g/mol. The number of aliphatic hydroxyl groups excluding tert-OH is 1. The Morgan fingerprint density at radius 1 is 1.56 bits per heavy atom. The van der Waals surface area contributed by atoms with E-state index in [0.717, 1.165) is 0 Å². The van der Waals surface area contributed by atoms with E-state index in [2.05, 4.69) is 0 Å². The summed E-state index contributed by atoms with van der Waals surface area (Å²) in [6.45, 7) is 1.90. The zero-order valence-corrected chi connectivity index (χ0v) is 9.27. The van der Waals surface area contributed by atoms with E-state index >= 15 is 0 Å². The largest absolute Gasteiger partial charge is 0.495 e. The van der Waals surface area contributed by atoms with Gasteiger partial charge in [0.25, 0.3) is 0 Å². The van der Waals surface area contributed by atoms with Crippen molar-refractivity contribution in [3.05, 3.63) is 23.8 Å². The summed E-state index contributed by atoms with van der Waals surface area (Å²) in [7, 11) is 1.49. The van der Waals surface area contributed by atoms with E-state index in [9.17, 15) is 9.90 Å². The molecule has 1 rings (SSSR count). The third-order valence-electron chi connectivity index (χ3n) is 2.08. The van der Waals surface area contributed by atoms with Crippen molar-refractivity contribution >= 4 is 11.7 Å². The first-order chi connectivity index (χ1) is 7.60. The third-order valence-corrected chi connectivity index (χ3v) is 2.08. The van der Waals surface area contributed by atoms with Gasteiger partial charge in [0.1, 0.15) is 5.75 Å². The maximum Gasteiger partial charge on any atom is 0.339 e. The van der Waals surface area contributed by atoms with Crippen LogP contribution in [0, 0.1) is 0 Å². The van der Waals surface area contributed by atoms with Gasteiger partial charge in [-0.25, -0.2) is 4.79 Å². The second-order valence-electron chi connectivity index (χ2n) is 3.16. The number of carbonyl (C=O) groups is 1. The van der Waals surface area contributed by atoms with Crippen LogP contribution in [0.25, 0.3) is 0 Å². The van der Waals surface area contributed by atoms with Gasteiger partial charge in [-0.3, -0.25) is 0 Å². The molecule has 0 aromatic heterocycles. The molecule has 0 saturated heterocycles. The maximum absolute atomic E-state index is 11.3. The average molecular weight is 225 g/mol. The number of methoxy groups -OCH3 is 1. The van der Waals surface area contributed by atoms with Gasteiger partial charge in [-0.15, -0.1) is 0 Å². The van der Waals surface area contributed by atoms with Crippen LogP contribution in [0.15, 0.2) is 18.2 Å². The Morgan fingerprint density at radius 2 is 2.25 bits per heavy atom. The van der Waals surface area contributed by atoms with Gasteiger partial charge < -0.3 is 20.3 Å². The molecule has 0 bridgehead atoms. The molecule has 0 saturated carbocycles. The predicted molar refractivity (Wildman–Crippen MR) is 59.0 cm³/mol. The second-order valence-corrected chi connectivity index (χ2v) is 3.16. The van der Waals surface area contributed by atoms with Crippen LogP contribution in [0.4, 0.5) is 5.69 Å². The van der Waals surface area contributed by atoms with Crippen LogP contribution in [0.3, 0.4) is 0 Å². The first-order valence-electron chi connectivity index (χ1n) is 4.88. The number of nitrogen functional groups attached to an aromatic ring is 1. The van der Waals surface area contributed by atoms with Gasteiger partial charge >= 0.3 is 5.97 Å². The van der Waals surface area contributed by atoms with Gasteiger partial charge in [0.2, 0.25) is 0 Å². The topological polar surface area (TPSA) is 81.8 Å². The van der Waals surface area contributed by atoms with E-state index in [0.29, 0.717) is 17.0 Å². The minimum Gasteiger partial charge on any atom is -0.495 e. The molecule has 0 heterocycles. The number of ether oxygens (including phenoxy) is 2. The van der Waals surface area contributed by atoms with Crippen LogP contribution in [0.5, 0.6) is 5.75 Å². The molecule has 5 nitrogen and oxygen atoms in total. The molecule has 1 aromatic carbocycles. The van der Waals surface area contributed by atoms with E-state index in [1.54, 1.807) is 19.1 Å². The summed E-state index contributed by atoms with van der Waals surface area (Å²) < 4.78 is 9.66. The maximum atomic E-state index is 11.3. The molecule has 88 valence electrons. The van der Waals surface area contributed by atoms with Crippen LogP contribution in [-0.4, -0.2) is 24.8 Å². The van der Waals surface area contributed by atoms with E-state index < -0.39 is 12.1 Å². The summed E-state index contributed by atoms with van der Waals surface area (Å²) in [5.74, 6) is -0.188. The zero-order chi connectivity index (χ0) is 12.1. The molecule has 0 aliphatic heterocycles. The highest BCUT2D eigenvalue weighted by molar-refractivity contribution is 5.77. The highest BCUT2D eigenvalue weighted by atomic mass is 16.5. The van der Waals surface area contributed by atoms with Crippen LogP contribution < -0.4 is 10.5 Å². The number of anilines is 1. The predicted octanol–water partition coefficient (Wildman–Crippen LogP) is 0.874. The van der Waals surface area contributed by atoms with Crippen molar-refractivity contribution in [2.75, 3.05) is 19.5 Å². The van der Waals surface area contributed by atoms with Crippen molar-refractivity contribution in [3.63, 3.8) is 0 Å². The fraction of sp³-hybridized carbons (Fsp3) is 0.364. The number of aliphatic hydroxyl groups is 1. The van der Waals surface area contributed by atoms with Crippen molar-refractivity contribution in [1.82, 2.24) is 0 Å². The second kappa shape index (κ2) is 5.37. The highest BCUT2D eigenvalue weighted by Gasteiger charge is 2.19. The molecule has 3 N–H and O–H groups in total. The first-order valence-corrected chi connectivity index (χ1v) is 4.88. The van der Waals surface area contributed by atoms with Gasteiger partial charge in [0, 0.05) is 0 Å². The fourth-order valence-electron chi connectivity index (χ4n) is 1.28. The first kappa shape index (κ1) is 12.3. The quantitative estimate of drug-likeness (QED) is 0.587. The van der Waals surface area contributed by atoms with E-state index in [4.69, 9.17) is 15.2 Å². The van der Waals surface area contributed by atoms with Crippen LogP contribution >= 0.6 is 0 Å². The molecule has 0 radical (unpaired) electrons. The lowest BCUT2D eigenvalue weighted by atomic mass is 10.1. The van der Waals surface area contributed by atoms with Crippen molar-refractivity contribution in [1.29, 1.82) is 0 Å². The Balaban J connectivity index is 2.88. The fourth-order valence-corrected chi connectivity index (χ4v) is 1.28. The molecule has 0 amide bonds. The Morgan fingerprint density at radius 3 is 2.75 bits per heavy atom. The molecule has 16 heavy (non-hydrogen) atoms. The molecule has 1 unspecified atom stereocenters. The van der Waals surface area contributed by atoms with Crippen LogP contribution in [0.1, 0.15) is 18.6 Å². The Bertz CT molecular complexity index is 378. The summed E-state index contributed by atoms with van der Waals surface area (Å²) in [5, 5.41) is 9.64. The highest BCUT2D eigenvalue weighted by Crippen LogP contribution is 2.25. The van der Waals surface area contributed by atoms with E-state index in [-0.39, 0.29) is 6.61 Å². The lowest BCUT2D eigenvalue weighted by molar-refractivity contribution is -0.153. The summed E-state index contributed by atoms with van der Waals surface area (Å²) in [5.41, 5.74) is 6.41. The smallest absolute Gasteiger partial charge is 0.339 e. The summed E-state index contributed by atoms with van der Waals surface area (Å²) in [6.07, 6.45) is -1.31. The normalized spacial score (nSPS) is 11.9. The number of nitrogens with two attached hydrogens (primary N) is 1. The van der Waals surface area contributed by atoms with Crippen LogP contribution in [0.2, 0.25) is 0 Å². The third kappa shape index (κ3) is 2.64. The van der Waals surface area contributed by atoms with Gasteiger partial charge in [0.05, 0.1) is 19.4 Å². The van der Waals surface area contributed by atoms with Gasteiger partial charge in [-0.05, 0) is 24.6 Å². The molecule has 0 fully saturated rings. The van der Waals surface area contributed by atoms with Crippen LogP contribution in [-0.2, 0) is 9.53 Å². The number of hydrogen-bond acceptors (Lipinski definition) is 5. The Hall–Kier alpha value is -1.75. The number of rotatable bonds is 4. The lowest BCUT2D eigenvalue weighted by Gasteiger charge is -2.11. The molecule has 5 heteroatoms. The average Bonchev–Trinajstić information content (AvgIpc) is 2.28. The summed E-state index contributed by atoms with van der Waals surface area (Å²) >= 11 is 0. The summed E-state index contributed by atoms with van der Waals surface area (Å²) in [6, 6.07) is 4.64. The minimum atomic E-state index is -1.31. The molecule has 0 aliphatic carbocycles. The molecule has 0 spiro atoms. The number of esters is 1. The molecular formula is C11H15NO4. The van der Waals surface area contributed by atoms with Gasteiger partial charge in [-0.1, -0.05) is 6.07 Å². The monoisotopic (exact) mass is 225 g/mol. The summed E-state index contributed by atoms with van der Waals surface area (Å²) in [4.78, 5) is 11.3. The van der Waals surface area contributed by atoms with Crippen molar-refractivity contribution in [3.8, 4) is 5.75 Å². The van der Waals surface area contributed by atoms with Crippen molar-refractivity contribution in [2.45, 2.75) is 13.0 Å². The lowest BCUT2D eigenvalue weighted by Crippen LogP contribution is -2.15. The molecule has 1 aromatic rings. The minimum absolute atomic E-state index is 0.224. The van der Waals surface area contributed by atoms with Gasteiger partial charge in [0.15, 0.2) is 6.10 Å². The van der Waals surface area contributed by atoms with E-state index in [1.807, 2.05) is 0 Å². The van der Waals surface area contributed by atoms with Crippen molar-refractivity contribution in [2.24, 2.45) is 0 Å².